The topological polar surface area (TPSA) is 76.9 Å². The van der Waals surface area contributed by atoms with Gasteiger partial charge in [0, 0.05) is 28.3 Å². The molecule has 4 rings (SSSR count). The van der Waals surface area contributed by atoms with E-state index in [-0.39, 0.29) is 12.5 Å². The number of aliphatic hydroxyl groups excluding tert-OH is 1. The van der Waals surface area contributed by atoms with Crippen LogP contribution < -0.4 is 3.11 Å². The Morgan fingerprint density at radius 3 is 2.83 bits per heavy atom. The molecule has 0 aliphatic carbocycles. The number of benzene rings is 1. The number of aromatic nitrogens is 1. The fourth-order valence-corrected chi connectivity index (χ4v) is 6.53. The lowest BCUT2D eigenvalue weighted by Gasteiger charge is -2.27. The van der Waals surface area contributed by atoms with Crippen molar-refractivity contribution >= 4 is 57.2 Å². The van der Waals surface area contributed by atoms with Gasteiger partial charge in [0.05, 0.1) is 29.5 Å². The van der Waals surface area contributed by atoms with Gasteiger partial charge < -0.3 is 10.2 Å². The highest BCUT2D eigenvalue weighted by Gasteiger charge is 2.37. The summed E-state index contributed by atoms with van der Waals surface area (Å²) in [7, 11) is 0. The van der Waals surface area contributed by atoms with E-state index >= 15 is 4.39 Å². The number of aliphatic hydroxyl groups is 1. The van der Waals surface area contributed by atoms with Gasteiger partial charge in [-0.25, -0.2) is 9.37 Å². The fraction of sp³-hybridized carbons (Fsp3) is 0.538. The van der Waals surface area contributed by atoms with Crippen molar-refractivity contribution < 1.29 is 19.4 Å². The smallest absolute Gasteiger partial charge is 0.325 e. The molecule has 1 saturated heterocycles. The van der Waals surface area contributed by atoms with Crippen LogP contribution in [0, 0.1) is 9.49 Å². The number of halogens is 3. The van der Waals surface area contributed by atoms with E-state index in [2.05, 4.69) is 60.7 Å². The number of fused-ring (bicyclic) bond motifs is 1. The van der Waals surface area contributed by atoms with Crippen molar-refractivity contribution in [3.8, 4) is 0 Å². The van der Waals surface area contributed by atoms with Gasteiger partial charge in [0.2, 0.25) is 0 Å². The maximum absolute atomic E-state index is 15.1. The molecule has 0 spiro atoms. The van der Waals surface area contributed by atoms with E-state index < -0.39 is 18.2 Å². The molecule has 2 aromatic rings. The average molecular weight is 707 g/mol. The molecular formula is C26H32FI2N3O3. The summed E-state index contributed by atoms with van der Waals surface area (Å²) < 4.78 is 18.2. The SMILES string of the molecule is O=C(O)[C@H](c1cc(I)ccc1CO)N1CCC([C@@H](F)CCCCc2ccc3c(n2)N(I)CCC3)C1. The molecule has 2 N–H and O–H groups in total. The first-order valence-corrected chi connectivity index (χ1v) is 14.3. The van der Waals surface area contributed by atoms with Crippen LogP contribution in [0.15, 0.2) is 30.3 Å². The van der Waals surface area contributed by atoms with Crippen LogP contribution in [0.1, 0.15) is 60.5 Å². The zero-order valence-corrected chi connectivity index (χ0v) is 24.0. The molecule has 3 atom stereocenters. The van der Waals surface area contributed by atoms with Gasteiger partial charge in [-0.15, -0.1) is 0 Å². The van der Waals surface area contributed by atoms with E-state index in [1.165, 1.54) is 5.56 Å². The summed E-state index contributed by atoms with van der Waals surface area (Å²) >= 11 is 4.47. The summed E-state index contributed by atoms with van der Waals surface area (Å²) in [5.41, 5.74) is 3.58. The molecule has 1 fully saturated rings. The molecule has 9 heteroatoms. The second-order valence-corrected chi connectivity index (χ2v) is 11.9. The Hall–Kier alpha value is -1.05. The van der Waals surface area contributed by atoms with Gasteiger partial charge in [-0.05, 0) is 103 Å². The van der Waals surface area contributed by atoms with Gasteiger partial charge >= 0.3 is 5.97 Å². The molecular weight excluding hydrogens is 675 g/mol. The molecule has 3 heterocycles. The van der Waals surface area contributed by atoms with Gasteiger partial charge in [0.15, 0.2) is 0 Å². The number of rotatable bonds is 10. The van der Waals surface area contributed by atoms with Crippen LogP contribution in [0.3, 0.4) is 0 Å². The number of alkyl halides is 1. The maximum atomic E-state index is 15.1. The number of anilines is 1. The van der Waals surface area contributed by atoms with Crippen LogP contribution in [0.2, 0.25) is 0 Å². The average Bonchev–Trinajstić information content (AvgIpc) is 3.32. The molecule has 0 saturated carbocycles. The van der Waals surface area contributed by atoms with E-state index in [4.69, 9.17) is 4.98 Å². The first-order chi connectivity index (χ1) is 16.9. The minimum Gasteiger partial charge on any atom is -0.480 e. The number of nitrogens with zero attached hydrogens (tertiary/aromatic N) is 3. The lowest BCUT2D eigenvalue weighted by molar-refractivity contribution is -0.143. The minimum atomic E-state index is -0.958. The van der Waals surface area contributed by atoms with Crippen molar-refractivity contribution in [1.82, 2.24) is 9.88 Å². The number of carboxylic acid groups (broad SMARTS) is 1. The first-order valence-electron chi connectivity index (χ1n) is 12.3. The Morgan fingerprint density at radius 1 is 1.23 bits per heavy atom. The number of aliphatic carboxylic acids is 1. The van der Waals surface area contributed by atoms with Crippen molar-refractivity contribution in [2.45, 2.75) is 63.8 Å². The van der Waals surface area contributed by atoms with Crippen LogP contribution in [-0.2, 0) is 24.2 Å². The minimum absolute atomic E-state index is 0.161. The zero-order chi connectivity index (χ0) is 24.9. The lowest BCUT2D eigenvalue weighted by atomic mass is 9.97. The number of carboxylic acids is 1. The van der Waals surface area contributed by atoms with Gasteiger partial charge in [-0.3, -0.25) is 12.8 Å². The summed E-state index contributed by atoms with van der Waals surface area (Å²) in [6, 6.07) is 8.87. The zero-order valence-electron chi connectivity index (χ0n) is 19.7. The van der Waals surface area contributed by atoms with Gasteiger partial charge in [-0.1, -0.05) is 18.6 Å². The van der Waals surface area contributed by atoms with Crippen molar-refractivity contribution in [3.05, 3.63) is 56.3 Å². The van der Waals surface area contributed by atoms with Gasteiger partial charge in [0.1, 0.15) is 18.0 Å². The Labute approximate surface area is 233 Å². The van der Waals surface area contributed by atoms with Crippen LogP contribution in [-0.4, -0.2) is 51.9 Å². The standard InChI is InChI=1S/C26H32FI2N3O3/c27-23(6-2-1-5-21-10-8-17-4-3-12-32(29)25(17)30-21)18-11-13-31(15-18)24(26(34)35)22-14-20(28)9-7-19(22)16-33/h7-10,14,18,23-24,33H,1-6,11-13,15-16H2,(H,34,35)/t18?,23-,24-/m0/s1. The predicted octanol–water partition coefficient (Wildman–Crippen LogP) is 5.48. The second kappa shape index (κ2) is 12.5. The van der Waals surface area contributed by atoms with E-state index in [1.54, 1.807) is 6.07 Å². The quantitative estimate of drug-likeness (QED) is 0.194. The van der Waals surface area contributed by atoms with Crippen LogP contribution in [0.4, 0.5) is 10.2 Å². The number of hydrogen-bond donors (Lipinski definition) is 2. The highest BCUT2D eigenvalue weighted by Crippen LogP contribution is 2.34. The molecule has 1 aromatic carbocycles. The van der Waals surface area contributed by atoms with E-state index in [0.29, 0.717) is 37.1 Å². The molecule has 1 unspecified atom stereocenters. The summed E-state index contributed by atoms with van der Waals surface area (Å²) in [4.78, 5) is 18.9. The maximum Gasteiger partial charge on any atom is 0.325 e. The largest absolute Gasteiger partial charge is 0.480 e. The van der Waals surface area contributed by atoms with Gasteiger partial charge in [-0.2, -0.15) is 0 Å². The first kappa shape index (κ1) is 27.0. The molecule has 35 heavy (non-hydrogen) atoms. The Bertz CT molecular complexity index is 1040. The molecule has 1 aromatic heterocycles. The molecule has 2 aliphatic rings. The normalized spacial score (nSPS) is 20.0. The van der Waals surface area contributed by atoms with Crippen molar-refractivity contribution in [3.63, 3.8) is 0 Å². The summed E-state index contributed by atoms with van der Waals surface area (Å²) in [5, 5.41) is 19.7. The Balaban J connectivity index is 1.29. The predicted molar refractivity (Wildman–Crippen MR) is 152 cm³/mol. The van der Waals surface area contributed by atoms with Gasteiger partial charge in [0.25, 0.3) is 0 Å². The van der Waals surface area contributed by atoms with Crippen molar-refractivity contribution in [1.29, 1.82) is 0 Å². The number of carbonyl (C=O) groups is 1. The highest BCUT2D eigenvalue weighted by atomic mass is 127. The third-order valence-corrected chi connectivity index (χ3v) is 8.76. The summed E-state index contributed by atoms with van der Waals surface area (Å²) in [6.45, 7) is 1.78. The Kier molecular flexibility index (Phi) is 9.61. The van der Waals surface area contributed by atoms with Crippen molar-refractivity contribution in [2.75, 3.05) is 22.7 Å². The number of aryl methyl sites for hydroxylation is 2. The van der Waals surface area contributed by atoms with Crippen LogP contribution in [0.25, 0.3) is 0 Å². The number of hydrogen-bond acceptors (Lipinski definition) is 5. The summed E-state index contributed by atoms with van der Waals surface area (Å²) in [6.07, 6.45) is 4.97. The Morgan fingerprint density at radius 2 is 2.06 bits per heavy atom. The summed E-state index contributed by atoms with van der Waals surface area (Å²) in [5.74, 6) is -0.0405. The molecule has 6 nitrogen and oxygen atoms in total. The monoisotopic (exact) mass is 707 g/mol. The lowest BCUT2D eigenvalue weighted by Crippen LogP contribution is -2.34. The fourth-order valence-electron chi connectivity index (χ4n) is 5.25. The number of likely N-dealkylation sites (tertiary alicyclic amines) is 1. The molecule has 0 amide bonds. The second-order valence-electron chi connectivity index (χ2n) is 9.52. The van der Waals surface area contributed by atoms with Crippen LogP contribution in [0.5, 0.6) is 0 Å². The molecule has 0 radical (unpaired) electrons. The van der Waals surface area contributed by atoms with E-state index in [9.17, 15) is 15.0 Å². The number of pyridine rings is 1. The third kappa shape index (κ3) is 6.64. The molecule has 190 valence electrons. The molecule has 0 bridgehead atoms. The van der Waals surface area contributed by atoms with E-state index in [0.717, 1.165) is 53.7 Å². The highest BCUT2D eigenvalue weighted by molar-refractivity contribution is 14.1. The van der Waals surface area contributed by atoms with E-state index in [1.807, 2.05) is 17.0 Å². The third-order valence-electron chi connectivity index (χ3n) is 7.15. The van der Waals surface area contributed by atoms with Crippen LogP contribution >= 0.6 is 45.5 Å². The molecule has 2 aliphatic heterocycles. The number of unbranched alkanes of at least 4 members (excludes halogenated alkanes) is 1. The van der Waals surface area contributed by atoms with Crippen molar-refractivity contribution in [2.24, 2.45) is 5.92 Å².